The molecule has 0 unspecified atom stereocenters. The Morgan fingerprint density at radius 1 is 1.00 bits per heavy atom. The number of ether oxygens (including phenoxy) is 3. The molecule has 7 nitrogen and oxygen atoms in total. The van der Waals surface area contributed by atoms with Gasteiger partial charge in [0.05, 0.1) is 18.8 Å². The van der Waals surface area contributed by atoms with Crippen molar-refractivity contribution >= 4 is 11.9 Å². The van der Waals surface area contributed by atoms with Gasteiger partial charge in [-0.05, 0) is 44.5 Å². The molecule has 0 radical (unpaired) electrons. The summed E-state index contributed by atoms with van der Waals surface area (Å²) in [5.74, 6) is 0.258. The number of carbonyl (C=O) groups is 2. The third-order valence-electron chi connectivity index (χ3n) is 5.30. The van der Waals surface area contributed by atoms with Gasteiger partial charge in [0.25, 0.3) is 5.91 Å². The van der Waals surface area contributed by atoms with Crippen LogP contribution in [0, 0.1) is 6.92 Å². The molecule has 0 atom stereocenters. The summed E-state index contributed by atoms with van der Waals surface area (Å²) in [6.07, 6.45) is -0.0170. The monoisotopic (exact) mass is 440 g/mol. The van der Waals surface area contributed by atoms with E-state index in [0.717, 1.165) is 19.6 Å². The van der Waals surface area contributed by atoms with Gasteiger partial charge in [-0.2, -0.15) is 0 Å². The summed E-state index contributed by atoms with van der Waals surface area (Å²) in [6.45, 7) is 9.34. The highest BCUT2D eigenvalue weighted by Crippen LogP contribution is 2.29. The Balaban J connectivity index is 1.47. The molecule has 0 aliphatic carbocycles. The zero-order valence-electron chi connectivity index (χ0n) is 19.3. The maximum Gasteiger partial charge on any atom is 0.338 e. The van der Waals surface area contributed by atoms with Crippen LogP contribution in [0.5, 0.6) is 11.5 Å². The van der Waals surface area contributed by atoms with Gasteiger partial charge in [0.2, 0.25) is 0 Å². The summed E-state index contributed by atoms with van der Waals surface area (Å²) in [4.78, 5) is 29.0. The number of rotatable bonds is 8. The van der Waals surface area contributed by atoms with E-state index >= 15 is 0 Å². The summed E-state index contributed by atoms with van der Waals surface area (Å²) in [7, 11) is 1.51. The lowest BCUT2D eigenvalue weighted by atomic mass is 10.1. The molecule has 0 aromatic heterocycles. The van der Waals surface area contributed by atoms with Crippen molar-refractivity contribution in [3.05, 3.63) is 59.2 Å². The number of methoxy groups -OCH3 is 1. The number of hydrogen-bond donors (Lipinski definition) is 0. The third kappa shape index (κ3) is 6.47. The SMILES string of the molecule is COc1cc(C(=O)OCC(=O)N2CCN(Cc3cccc(C)c3)CC2)ccc1OC(C)C. The average Bonchev–Trinajstić information content (AvgIpc) is 2.77. The minimum Gasteiger partial charge on any atom is -0.493 e. The van der Waals surface area contributed by atoms with Crippen LogP contribution in [0.4, 0.5) is 0 Å². The Bertz CT molecular complexity index is 936. The van der Waals surface area contributed by atoms with Gasteiger partial charge in [0.15, 0.2) is 18.1 Å². The minimum atomic E-state index is -0.564. The van der Waals surface area contributed by atoms with Crippen LogP contribution in [0.2, 0.25) is 0 Å². The Hall–Kier alpha value is -3.06. The Labute approximate surface area is 189 Å². The Morgan fingerprint density at radius 2 is 1.75 bits per heavy atom. The molecule has 0 saturated carbocycles. The van der Waals surface area contributed by atoms with Crippen LogP contribution in [-0.4, -0.2) is 67.7 Å². The quantitative estimate of drug-likeness (QED) is 0.587. The predicted octanol–water partition coefficient (Wildman–Crippen LogP) is 3.29. The molecule has 0 N–H and O–H groups in total. The molecule has 172 valence electrons. The fourth-order valence-electron chi connectivity index (χ4n) is 3.67. The Morgan fingerprint density at radius 3 is 2.41 bits per heavy atom. The minimum absolute atomic E-state index is 0.0170. The first kappa shape index (κ1) is 23.6. The largest absolute Gasteiger partial charge is 0.493 e. The number of amides is 1. The second-order valence-electron chi connectivity index (χ2n) is 8.25. The number of aryl methyl sites for hydroxylation is 1. The number of esters is 1. The normalized spacial score (nSPS) is 14.3. The number of hydrogen-bond acceptors (Lipinski definition) is 6. The Kier molecular flexibility index (Phi) is 8.11. The van der Waals surface area contributed by atoms with Gasteiger partial charge in [-0.15, -0.1) is 0 Å². The van der Waals surface area contributed by atoms with Gasteiger partial charge in [0, 0.05) is 32.7 Å². The molecule has 0 spiro atoms. The lowest BCUT2D eigenvalue weighted by molar-refractivity contribution is -0.136. The first-order valence-corrected chi connectivity index (χ1v) is 10.9. The highest BCUT2D eigenvalue weighted by atomic mass is 16.5. The average molecular weight is 441 g/mol. The summed E-state index contributed by atoms with van der Waals surface area (Å²) in [5, 5.41) is 0. The van der Waals surface area contributed by atoms with Crippen LogP contribution < -0.4 is 9.47 Å². The van der Waals surface area contributed by atoms with Crippen LogP contribution >= 0.6 is 0 Å². The van der Waals surface area contributed by atoms with E-state index in [4.69, 9.17) is 14.2 Å². The van der Waals surface area contributed by atoms with Crippen molar-refractivity contribution < 1.29 is 23.8 Å². The number of carbonyl (C=O) groups excluding carboxylic acids is 2. The highest BCUT2D eigenvalue weighted by molar-refractivity contribution is 5.92. The van der Waals surface area contributed by atoms with Crippen LogP contribution in [0.25, 0.3) is 0 Å². The van der Waals surface area contributed by atoms with Crippen molar-refractivity contribution in [3.8, 4) is 11.5 Å². The fraction of sp³-hybridized carbons (Fsp3) is 0.440. The van der Waals surface area contributed by atoms with Crippen LogP contribution in [-0.2, 0) is 16.1 Å². The maximum absolute atomic E-state index is 12.5. The first-order chi connectivity index (χ1) is 15.4. The molecule has 7 heteroatoms. The summed E-state index contributed by atoms with van der Waals surface area (Å²) < 4.78 is 16.2. The second-order valence-corrected chi connectivity index (χ2v) is 8.25. The maximum atomic E-state index is 12.5. The van der Waals surface area contributed by atoms with E-state index in [1.54, 1.807) is 23.1 Å². The second kappa shape index (κ2) is 11.0. The molecule has 3 rings (SSSR count). The van der Waals surface area contributed by atoms with Crippen molar-refractivity contribution in [3.63, 3.8) is 0 Å². The molecule has 1 saturated heterocycles. The van der Waals surface area contributed by atoms with Crippen molar-refractivity contribution in [1.29, 1.82) is 0 Å². The van der Waals surface area contributed by atoms with Gasteiger partial charge >= 0.3 is 5.97 Å². The van der Waals surface area contributed by atoms with E-state index < -0.39 is 5.97 Å². The van der Waals surface area contributed by atoms with Gasteiger partial charge in [-0.25, -0.2) is 4.79 Å². The molecule has 32 heavy (non-hydrogen) atoms. The summed E-state index contributed by atoms with van der Waals surface area (Å²) in [5.41, 5.74) is 2.84. The fourth-order valence-corrected chi connectivity index (χ4v) is 3.67. The number of piperazine rings is 1. The molecule has 2 aromatic rings. The van der Waals surface area contributed by atoms with E-state index in [-0.39, 0.29) is 18.6 Å². The van der Waals surface area contributed by atoms with E-state index in [1.165, 1.54) is 18.2 Å². The third-order valence-corrected chi connectivity index (χ3v) is 5.30. The topological polar surface area (TPSA) is 68.3 Å². The lowest BCUT2D eigenvalue weighted by Crippen LogP contribution is -2.49. The molecule has 1 aliphatic heterocycles. The zero-order valence-corrected chi connectivity index (χ0v) is 19.3. The van der Waals surface area contributed by atoms with E-state index in [2.05, 4.69) is 36.1 Å². The van der Waals surface area contributed by atoms with Crippen molar-refractivity contribution in [2.75, 3.05) is 39.9 Å². The summed E-state index contributed by atoms with van der Waals surface area (Å²) in [6, 6.07) is 13.3. The van der Waals surface area contributed by atoms with Crippen LogP contribution in [0.15, 0.2) is 42.5 Å². The first-order valence-electron chi connectivity index (χ1n) is 10.9. The zero-order chi connectivity index (χ0) is 23.1. The molecule has 1 aliphatic rings. The van der Waals surface area contributed by atoms with Gasteiger partial charge in [0.1, 0.15) is 0 Å². The van der Waals surface area contributed by atoms with Gasteiger partial charge < -0.3 is 19.1 Å². The smallest absolute Gasteiger partial charge is 0.338 e. The standard InChI is InChI=1S/C25H32N2O5/c1-18(2)32-22-9-8-21(15-23(22)30-4)25(29)31-17-24(28)27-12-10-26(11-13-27)16-20-7-5-6-19(3)14-20/h5-9,14-15,18H,10-13,16-17H2,1-4H3. The summed E-state index contributed by atoms with van der Waals surface area (Å²) >= 11 is 0. The van der Waals surface area contributed by atoms with Gasteiger partial charge in [-0.3, -0.25) is 9.69 Å². The number of benzene rings is 2. The van der Waals surface area contributed by atoms with E-state index in [0.29, 0.717) is 30.2 Å². The van der Waals surface area contributed by atoms with Crippen molar-refractivity contribution in [2.24, 2.45) is 0 Å². The van der Waals surface area contributed by atoms with Crippen molar-refractivity contribution in [1.82, 2.24) is 9.80 Å². The van der Waals surface area contributed by atoms with E-state index in [9.17, 15) is 9.59 Å². The van der Waals surface area contributed by atoms with Crippen LogP contribution in [0.1, 0.15) is 35.3 Å². The predicted molar refractivity (Wildman–Crippen MR) is 122 cm³/mol. The highest BCUT2D eigenvalue weighted by Gasteiger charge is 2.22. The molecule has 1 heterocycles. The van der Waals surface area contributed by atoms with Crippen LogP contribution in [0.3, 0.4) is 0 Å². The molecule has 1 amide bonds. The molecule has 1 fully saturated rings. The van der Waals surface area contributed by atoms with Crippen molar-refractivity contribution in [2.45, 2.75) is 33.4 Å². The van der Waals surface area contributed by atoms with E-state index in [1.807, 2.05) is 13.8 Å². The number of nitrogens with zero attached hydrogens (tertiary/aromatic N) is 2. The molecule has 2 aromatic carbocycles. The lowest BCUT2D eigenvalue weighted by Gasteiger charge is -2.34. The van der Waals surface area contributed by atoms with Gasteiger partial charge in [-0.1, -0.05) is 29.8 Å². The molecular weight excluding hydrogens is 408 g/mol. The molecular formula is C25H32N2O5. The molecule has 0 bridgehead atoms.